The number of para-hydroxylation sites is 1. The summed E-state index contributed by atoms with van der Waals surface area (Å²) < 4.78 is 1.84. The van der Waals surface area contributed by atoms with E-state index in [-0.39, 0.29) is 5.91 Å². The van der Waals surface area contributed by atoms with Crippen molar-refractivity contribution < 1.29 is 4.79 Å². The molecular formula is C17H20N4O. The van der Waals surface area contributed by atoms with Crippen molar-refractivity contribution in [1.82, 2.24) is 20.1 Å². The molecule has 3 rings (SSSR count). The van der Waals surface area contributed by atoms with Crippen molar-refractivity contribution in [2.24, 2.45) is 7.05 Å². The molecule has 3 aromatic rings. The first-order valence-electron chi connectivity index (χ1n) is 7.37. The Bertz CT molecular complexity index is 828. The van der Waals surface area contributed by atoms with Crippen molar-refractivity contribution in [2.75, 3.05) is 0 Å². The maximum absolute atomic E-state index is 12.2. The second kappa shape index (κ2) is 5.67. The number of nitrogens with zero attached hydrogens (tertiary/aromatic N) is 2. The van der Waals surface area contributed by atoms with Gasteiger partial charge < -0.3 is 10.3 Å². The van der Waals surface area contributed by atoms with Gasteiger partial charge in [0.1, 0.15) is 0 Å². The second-order valence-corrected chi connectivity index (χ2v) is 5.59. The lowest BCUT2D eigenvalue weighted by molar-refractivity contribution is -0.120. The molecule has 0 fully saturated rings. The zero-order valence-corrected chi connectivity index (χ0v) is 13.1. The molecule has 0 spiro atoms. The van der Waals surface area contributed by atoms with E-state index >= 15 is 0 Å². The van der Waals surface area contributed by atoms with E-state index < -0.39 is 0 Å². The number of hydrogen-bond acceptors (Lipinski definition) is 2. The number of H-pyrrole nitrogens is 1. The van der Waals surface area contributed by atoms with Crippen LogP contribution in [0, 0.1) is 13.8 Å². The molecular weight excluding hydrogens is 276 g/mol. The molecule has 1 amide bonds. The predicted octanol–water partition coefficient (Wildman–Crippen LogP) is 2.38. The van der Waals surface area contributed by atoms with Crippen molar-refractivity contribution in [3.8, 4) is 0 Å². The van der Waals surface area contributed by atoms with Crippen molar-refractivity contribution in [3.63, 3.8) is 0 Å². The molecule has 0 atom stereocenters. The van der Waals surface area contributed by atoms with Gasteiger partial charge in [-0.15, -0.1) is 0 Å². The summed E-state index contributed by atoms with van der Waals surface area (Å²) in [4.78, 5) is 15.4. The summed E-state index contributed by atoms with van der Waals surface area (Å²) in [6, 6.07) is 8.01. The van der Waals surface area contributed by atoms with Gasteiger partial charge in [0.05, 0.1) is 12.1 Å². The van der Waals surface area contributed by atoms with Gasteiger partial charge >= 0.3 is 0 Å². The highest BCUT2D eigenvalue weighted by Gasteiger charge is 2.12. The van der Waals surface area contributed by atoms with Crippen molar-refractivity contribution in [3.05, 3.63) is 53.0 Å². The zero-order valence-electron chi connectivity index (χ0n) is 13.1. The van der Waals surface area contributed by atoms with Crippen LogP contribution in [0.5, 0.6) is 0 Å². The molecule has 114 valence electrons. The molecule has 22 heavy (non-hydrogen) atoms. The van der Waals surface area contributed by atoms with Gasteiger partial charge in [-0.2, -0.15) is 5.10 Å². The molecule has 1 aromatic carbocycles. The van der Waals surface area contributed by atoms with Crippen LogP contribution < -0.4 is 5.32 Å². The first-order chi connectivity index (χ1) is 10.6. The second-order valence-electron chi connectivity index (χ2n) is 5.59. The molecule has 5 nitrogen and oxygen atoms in total. The minimum absolute atomic E-state index is 0.0207. The van der Waals surface area contributed by atoms with E-state index in [1.807, 2.05) is 56.0 Å². The maximum Gasteiger partial charge on any atom is 0.224 e. The Hall–Kier alpha value is -2.56. The van der Waals surface area contributed by atoms with Gasteiger partial charge in [-0.05, 0) is 25.5 Å². The number of aromatic amines is 1. The van der Waals surface area contributed by atoms with Gasteiger partial charge in [-0.1, -0.05) is 18.2 Å². The van der Waals surface area contributed by atoms with Gasteiger partial charge in [0.25, 0.3) is 0 Å². The smallest absolute Gasteiger partial charge is 0.224 e. The number of carbonyl (C=O) groups is 1. The third kappa shape index (κ3) is 2.62. The quantitative estimate of drug-likeness (QED) is 0.776. The lowest BCUT2D eigenvalue weighted by Crippen LogP contribution is -2.25. The minimum Gasteiger partial charge on any atom is -0.361 e. The van der Waals surface area contributed by atoms with E-state index in [9.17, 15) is 4.79 Å². The SMILES string of the molecule is Cc1nn(C)c(C)c1CNC(=O)Cc1c[nH]c2ccccc12. The zero-order chi connectivity index (χ0) is 15.7. The summed E-state index contributed by atoms with van der Waals surface area (Å²) in [6.07, 6.45) is 2.28. The molecule has 0 unspecified atom stereocenters. The van der Waals surface area contributed by atoms with Crippen LogP contribution in [-0.4, -0.2) is 20.7 Å². The standard InChI is InChI=1S/C17H20N4O/c1-11-15(12(2)21(3)20-11)10-19-17(22)8-13-9-18-16-7-5-4-6-14(13)16/h4-7,9,18H,8,10H2,1-3H3,(H,19,22). The Morgan fingerprint density at radius 2 is 2.09 bits per heavy atom. The van der Waals surface area contributed by atoms with Gasteiger partial charge in [-0.3, -0.25) is 9.48 Å². The number of aryl methyl sites for hydroxylation is 2. The van der Waals surface area contributed by atoms with E-state index in [4.69, 9.17) is 0 Å². The highest BCUT2D eigenvalue weighted by molar-refractivity contribution is 5.88. The summed E-state index contributed by atoms with van der Waals surface area (Å²) in [5.74, 6) is 0.0207. The number of carbonyl (C=O) groups excluding carboxylic acids is 1. The van der Waals surface area contributed by atoms with Crippen LogP contribution in [-0.2, 0) is 24.8 Å². The largest absolute Gasteiger partial charge is 0.361 e. The highest BCUT2D eigenvalue weighted by atomic mass is 16.1. The van der Waals surface area contributed by atoms with Crippen molar-refractivity contribution in [2.45, 2.75) is 26.8 Å². The number of amides is 1. The van der Waals surface area contributed by atoms with Crippen LogP contribution in [0.3, 0.4) is 0 Å². The minimum atomic E-state index is 0.0207. The molecule has 5 heteroatoms. The van der Waals surface area contributed by atoms with E-state index in [0.717, 1.165) is 33.4 Å². The highest BCUT2D eigenvalue weighted by Crippen LogP contribution is 2.18. The van der Waals surface area contributed by atoms with E-state index in [2.05, 4.69) is 15.4 Å². The normalized spacial score (nSPS) is 11.0. The molecule has 0 aliphatic heterocycles. The molecule has 2 aromatic heterocycles. The molecule has 0 aliphatic carbocycles. The Morgan fingerprint density at radius 3 is 2.82 bits per heavy atom. The number of rotatable bonds is 4. The van der Waals surface area contributed by atoms with E-state index in [0.29, 0.717) is 13.0 Å². The fourth-order valence-electron chi connectivity index (χ4n) is 2.77. The number of hydrogen-bond donors (Lipinski definition) is 2. The van der Waals surface area contributed by atoms with Crippen LogP contribution in [0.2, 0.25) is 0 Å². The third-order valence-electron chi connectivity index (χ3n) is 4.15. The number of benzene rings is 1. The Kier molecular flexibility index (Phi) is 3.71. The Labute approximate surface area is 129 Å². The topological polar surface area (TPSA) is 62.7 Å². The van der Waals surface area contributed by atoms with Crippen molar-refractivity contribution in [1.29, 1.82) is 0 Å². The van der Waals surface area contributed by atoms with Crippen LogP contribution in [0.15, 0.2) is 30.5 Å². The fraction of sp³-hybridized carbons (Fsp3) is 0.294. The monoisotopic (exact) mass is 296 g/mol. The maximum atomic E-state index is 12.2. The number of aromatic nitrogens is 3. The third-order valence-corrected chi connectivity index (χ3v) is 4.15. The molecule has 0 bridgehead atoms. The lowest BCUT2D eigenvalue weighted by Gasteiger charge is -2.05. The summed E-state index contributed by atoms with van der Waals surface area (Å²) in [5, 5.41) is 8.46. The molecule has 0 aliphatic rings. The fourth-order valence-corrected chi connectivity index (χ4v) is 2.77. The Morgan fingerprint density at radius 1 is 1.32 bits per heavy atom. The average Bonchev–Trinajstić information content (AvgIpc) is 3.00. The first-order valence-corrected chi connectivity index (χ1v) is 7.37. The summed E-state index contributed by atoms with van der Waals surface area (Å²) >= 11 is 0. The molecule has 2 N–H and O–H groups in total. The number of fused-ring (bicyclic) bond motifs is 1. The molecule has 0 radical (unpaired) electrons. The van der Waals surface area contributed by atoms with Gasteiger partial charge in [0, 0.05) is 41.9 Å². The molecule has 2 heterocycles. The average molecular weight is 296 g/mol. The first kappa shape index (κ1) is 14.4. The summed E-state index contributed by atoms with van der Waals surface area (Å²) in [7, 11) is 1.92. The Balaban J connectivity index is 1.68. The van der Waals surface area contributed by atoms with Crippen LogP contribution in [0.1, 0.15) is 22.5 Å². The van der Waals surface area contributed by atoms with Gasteiger partial charge in [0.2, 0.25) is 5.91 Å². The summed E-state index contributed by atoms with van der Waals surface area (Å²) in [5.41, 5.74) is 5.23. The summed E-state index contributed by atoms with van der Waals surface area (Å²) in [6.45, 7) is 4.50. The van der Waals surface area contributed by atoms with Crippen LogP contribution in [0.4, 0.5) is 0 Å². The van der Waals surface area contributed by atoms with Crippen LogP contribution >= 0.6 is 0 Å². The van der Waals surface area contributed by atoms with Crippen LogP contribution in [0.25, 0.3) is 10.9 Å². The van der Waals surface area contributed by atoms with E-state index in [1.54, 1.807) is 0 Å². The van der Waals surface area contributed by atoms with Gasteiger partial charge in [0.15, 0.2) is 0 Å². The lowest BCUT2D eigenvalue weighted by atomic mass is 10.1. The molecule has 0 saturated carbocycles. The van der Waals surface area contributed by atoms with E-state index in [1.165, 1.54) is 0 Å². The molecule has 0 saturated heterocycles. The van der Waals surface area contributed by atoms with Crippen molar-refractivity contribution >= 4 is 16.8 Å². The van der Waals surface area contributed by atoms with Gasteiger partial charge in [-0.25, -0.2) is 0 Å². The number of nitrogens with one attached hydrogen (secondary N) is 2. The predicted molar refractivity (Wildman–Crippen MR) is 86.5 cm³/mol.